The zero-order chi connectivity index (χ0) is 22.1. The van der Waals surface area contributed by atoms with Crippen LogP contribution >= 0.6 is 12.2 Å². The highest BCUT2D eigenvalue weighted by atomic mass is 32.1. The Hall–Kier alpha value is -2.26. The van der Waals surface area contributed by atoms with Gasteiger partial charge in [0.25, 0.3) is 0 Å². The third kappa shape index (κ3) is 4.73. The number of piperidine rings is 2. The largest absolute Gasteiger partial charge is 0.341 e. The summed E-state index contributed by atoms with van der Waals surface area (Å²) in [5.74, 6) is 1.80. The molecule has 0 aromatic carbocycles. The SMILES string of the molecule is Cc1ccnc(NC(=O)C2CCN(Cn3nc(N4CCCCC4)n(C4CC4)c3=S)CC2)c1. The number of aryl methyl sites for hydroxylation is 1. The van der Waals surface area contributed by atoms with Gasteiger partial charge in [-0.15, -0.1) is 5.10 Å². The molecule has 0 spiro atoms. The number of hydrogen-bond donors (Lipinski definition) is 1. The molecule has 1 N–H and O–H groups in total. The molecule has 3 aliphatic rings. The first kappa shape index (κ1) is 21.6. The van der Waals surface area contributed by atoms with Crippen LogP contribution in [0.15, 0.2) is 18.3 Å². The lowest BCUT2D eigenvalue weighted by atomic mass is 9.96. The van der Waals surface area contributed by atoms with Crippen LogP contribution in [0.1, 0.15) is 56.6 Å². The van der Waals surface area contributed by atoms with E-state index >= 15 is 0 Å². The fourth-order valence-electron chi connectivity index (χ4n) is 4.82. The number of nitrogens with zero attached hydrogens (tertiary/aromatic N) is 6. The van der Waals surface area contributed by atoms with Crippen LogP contribution in [-0.2, 0) is 11.5 Å². The molecule has 4 heterocycles. The summed E-state index contributed by atoms with van der Waals surface area (Å²) in [6, 6.07) is 4.36. The van der Waals surface area contributed by atoms with Crippen molar-refractivity contribution in [3.05, 3.63) is 28.7 Å². The minimum Gasteiger partial charge on any atom is -0.341 e. The third-order valence-electron chi connectivity index (χ3n) is 6.86. The molecule has 3 fully saturated rings. The number of pyridine rings is 1. The van der Waals surface area contributed by atoms with E-state index in [9.17, 15) is 4.79 Å². The van der Waals surface area contributed by atoms with Crippen LogP contribution in [0.25, 0.3) is 0 Å². The summed E-state index contributed by atoms with van der Waals surface area (Å²) in [6.45, 7) is 6.60. The predicted molar refractivity (Wildman–Crippen MR) is 127 cm³/mol. The number of hydrogen-bond acceptors (Lipinski definition) is 6. The Labute approximate surface area is 194 Å². The van der Waals surface area contributed by atoms with Gasteiger partial charge in [0, 0.05) is 44.3 Å². The van der Waals surface area contributed by atoms with E-state index in [1.165, 1.54) is 32.1 Å². The fourth-order valence-corrected chi connectivity index (χ4v) is 5.15. The van der Waals surface area contributed by atoms with Crippen molar-refractivity contribution in [2.24, 2.45) is 5.92 Å². The normalized spacial score (nSPS) is 20.5. The first-order valence-corrected chi connectivity index (χ1v) is 12.4. The van der Waals surface area contributed by atoms with Crippen LogP contribution in [-0.4, -0.2) is 56.3 Å². The monoisotopic (exact) mass is 455 g/mol. The van der Waals surface area contributed by atoms with Gasteiger partial charge in [-0.1, -0.05) is 0 Å². The van der Waals surface area contributed by atoms with Crippen molar-refractivity contribution >= 4 is 29.9 Å². The van der Waals surface area contributed by atoms with Crippen molar-refractivity contribution in [1.82, 2.24) is 24.2 Å². The topological polar surface area (TPSA) is 71.2 Å². The van der Waals surface area contributed by atoms with Crippen molar-refractivity contribution in [3.8, 4) is 0 Å². The lowest BCUT2D eigenvalue weighted by Gasteiger charge is -2.30. The molecule has 0 radical (unpaired) electrons. The predicted octanol–water partition coefficient (Wildman–Crippen LogP) is 3.75. The number of anilines is 2. The van der Waals surface area contributed by atoms with Crippen LogP contribution in [0.2, 0.25) is 0 Å². The number of carbonyl (C=O) groups excluding carboxylic acids is 1. The van der Waals surface area contributed by atoms with Crippen molar-refractivity contribution in [2.75, 3.05) is 36.4 Å². The molecule has 0 atom stereocenters. The molecule has 2 aromatic heterocycles. The minimum absolute atomic E-state index is 0.0227. The summed E-state index contributed by atoms with van der Waals surface area (Å²) < 4.78 is 5.16. The van der Waals surface area contributed by atoms with Crippen LogP contribution in [0.5, 0.6) is 0 Å². The van der Waals surface area contributed by atoms with Crippen LogP contribution < -0.4 is 10.2 Å². The van der Waals surface area contributed by atoms with Gasteiger partial charge in [0.15, 0.2) is 0 Å². The molecule has 32 heavy (non-hydrogen) atoms. The van der Waals surface area contributed by atoms with Gasteiger partial charge in [-0.25, -0.2) is 9.67 Å². The maximum Gasteiger partial charge on any atom is 0.228 e. The van der Waals surface area contributed by atoms with Gasteiger partial charge in [-0.3, -0.25) is 14.3 Å². The van der Waals surface area contributed by atoms with E-state index in [1.807, 2.05) is 23.7 Å². The first-order chi connectivity index (χ1) is 15.6. The Balaban J connectivity index is 1.21. The molecule has 2 saturated heterocycles. The summed E-state index contributed by atoms with van der Waals surface area (Å²) in [4.78, 5) is 21.7. The Morgan fingerprint density at radius 1 is 1.12 bits per heavy atom. The summed E-state index contributed by atoms with van der Waals surface area (Å²) in [7, 11) is 0. The molecule has 2 aliphatic heterocycles. The van der Waals surface area contributed by atoms with Crippen LogP contribution in [0, 0.1) is 17.6 Å². The van der Waals surface area contributed by atoms with Gasteiger partial charge in [-0.2, -0.15) is 0 Å². The zero-order valence-corrected chi connectivity index (χ0v) is 19.7. The second-order valence-electron chi connectivity index (χ2n) is 9.47. The van der Waals surface area contributed by atoms with Gasteiger partial charge in [0.1, 0.15) is 5.82 Å². The average molecular weight is 456 g/mol. The van der Waals surface area contributed by atoms with E-state index in [0.717, 1.165) is 55.3 Å². The Bertz CT molecular complexity index is 1010. The molecule has 8 nitrogen and oxygen atoms in total. The molecule has 0 unspecified atom stereocenters. The lowest BCUT2D eigenvalue weighted by molar-refractivity contribution is -0.121. The maximum absolute atomic E-state index is 12.7. The van der Waals surface area contributed by atoms with Crippen LogP contribution in [0.4, 0.5) is 11.8 Å². The molecule has 1 amide bonds. The standard InChI is InChI=1S/C23H33N7OS/c1-17-7-10-24-20(15-17)25-21(31)18-8-13-27(14-9-18)16-29-23(32)30(19-5-6-19)22(26-29)28-11-3-2-4-12-28/h7,10,15,18-19H,2-6,8-9,11-14,16H2,1H3,(H,24,25,31). The molecule has 172 valence electrons. The molecular formula is C23H33N7OS. The highest BCUT2D eigenvalue weighted by Gasteiger charge is 2.32. The highest BCUT2D eigenvalue weighted by molar-refractivity contribution is 7.71. The number of amides is 1. The second-order valence-corrected chi connectivity index (χ2v) is 9.84. The number of nitrogens with one attached hydrogen (secondary N) is 1. The molecule has 0 bridgehead atoms. The van der Waals surface area contributed by atoms with Crippen molar-refractivity contribution in [2.45, 2.75) is 64.6 Å². The quantitative estimate of drug-likeness (QED) is 0.669. The van der Waals surface area contributed by atoms with E-state index in [0.29, 0.717) is 18.5 Å². The molecule has 1 aliphatic carbocycles. The Kier molecular flexibility index (Phi) is 6.28. The average Bonchev–Trinajstić information content (AvgIpc) is 3.59. The number of aromatic nitrogens is 4. The summed E-state index contributed by atoms with van der Waals surface area (Å²) in [5.41, 5.74) is 1.09. The van der Waals surface area contributed by atoms with E-state index < -0.39 is 0 Å². The summed E-state index contributed by atoms with van der Waals surface area (Å²) >= 11 is 5.85. The minimum atomic E-state index is 0.0227. The van der Waals surface area contributed by atoms with Gasteiger partial charge >= 0.3 is 0 Å². The zero-order valence-electron chi connectivity index (χ0n) is 18.9. The Morgan fingerprint density at radius 2 is 1.88 bits per heavy atom. The molecule has 5 rings (SSSR count). The van der Waals surface area contributed by atoms with E-state index in [4.69, 9.17) is 17.3 Å². The van der Waals surface area contributed by atoms with Gasteiger partial charge in [0.05, 0.1) is 6.67 Å². The van der Waals surface area contributed by atoms with Crippen LogP contribution in [0.3, 0.4) is 0 Å². The molecule has 1 saturated carbocycles. The van der Waals surface area contributed by atoms with Gasteiger partial charge < -0.3 is 10.2 Å². The number of rotatable bonds is 6. The highest BCUT2D eigenvalue weighted by Crippen LogP contribution is 2.38. The van der Waals surface area contributed by atoms with Gasteiger partial charge in [0.2, 0.25) is 16.6 Å². The van der Waals surface area contributed by atoms with Crippen molar-refractivity contribution < 1.29 is 4.79 Å². The number of carbonyl (C=O) groups is 1. The number of likely N-dealkylation sites (tertiary alicyclic amines) is 1. The first-order valence-electron chi connectivity index (χ1n) is 12.0. The van der Waals surface area contributed by atoms with Crippen molar-refractivity contribution in [1.29, 1.82) is 0 Å². The second kappa shape index (κ2) is 9.31. The third-order valence-corrected chi connectivity index (χ3v) is 7.27. The Morgan fingerprint density at radius 3 is 2.56 bits per heavy atom. The molecular weight excluding hydrogens is 422 g/mol. The van der Waals surface area contributed by atoms with Gasteiger partial charge in [-0.05, 0) is 81.8 Å². The molecule has 9 heteroatoms. The van der Waals surface area contributed by atoms with E-state index in [1.54, 1.807) is 6.20 Å². The fraction of sp³-hybridized carbons (Fsp3) is 0.652. The van der Waals surface area contributed by atoms with E-state index in [2.05, 4.69) is 24.7 Å². The molecule has 2 aromatic rings. The summed E-state index contributed by atoms with van der Waals surface area (Å²) in [6.07, 6.45) is 9.60. The van der Waals surface area contributed by atoms with Crippen molar-refractivity contribution in [3.63, 3.8) is 0 Å². The lowest BCUT2D eigenvalue weighted by Crippen LogP contribution is -2.39. The maximum atomic E-state index is 12.7. The summed E-state index contributed by atoms with van der Waals surface area (Å²) in [5, 5.41) is 7.96. The smallest absolute Gasteiger partial charge is 0.228 e. The van der Waals surface area contributed by atoms with E-state index in [-0.39, 0.29) is 11.8 Å².